The van der Waals surface area contributed by atoms with Crippen LogP contribution in [0, 0.1) is 12.8 Å². The summed E-state index contributed by atoms with van der Waals surface area (Å²) in [4.78, 5) is 12.5. The fraction of sp³-hybridized carbons (Fsp3) is 0.156. The van der Waals surface area contributed by atoms with Crippen molar-refractivity contribution in [3.05, 3.63) is 148 Å². The lowest BCUT2D eigenvalue weighted by molar-refractivity contribution is 0.103. The molecule has 0 unspecified atom stereocenters. The Morgan fingerprint density at radius 1 is 0.882 bits per heavy atom. The third-order valence-electron chi connectivity index (χ3n) is 6.81. The molecule has 0 heterocycles. The van der Waals surface area contributed by atoms with Crippen molar-refractivity contribution in [2.45, 2.75) is 32.0 Å². The summed E-state index contributed by atoms with van der Waals surface area (Å²) in [6, 6.07) is 20.5. The molecule has 0 atom stereocenters. The van der Waals surface area contributed by atoms with Crippen molar-refractivity contribution in [3.63, 3.8) is 0 Å². The summed E-state index contributed by atoms with van der Waals surface area (Å²) in [7, 11) is 5.67. The highest BCUT2D eigenvalue weighted by Gasteiger charge is 2.27. The number of ketones is 1. The molecule has 34 heavy (non-hydrogen) atoms. The number of aryl methyl sites for hydroxylation is 1. The van der Waals surface area contributed by atoms with E-state index in [1.165, 1.54) is 28.2 Å². The van der Waals surface area contributed by atoms with Gasteiger partial charge in [-0.15, -0.1) is 0 Å². The maximum atomic E-state index is 12.5. The number of fused-ring (bicyclic) bond motifs is 4. The largest absolute Gasteiger partial charge is 0.626 e. The molecule has 3 aliphatic rings. The fourth-order valence-corrected chi connectivity index (χ4v) is 5.11. The number of hydrogen-bond acceptors (Lipinski definition) is 1. The second-order valence-corrected chi connectivity index (χ2v) is 8.91. The van der Waals surface area contributed by atoms with Crippen molar-refractivity contribution in [2.75, 3.05) is 0 Å². The summed E-state index contributed by atoms with van der Waals surface area (Å²) >= 11 is 0. The Bertz CT molecular complexity index is 1320. The smallest absolute Gasteiger partial charge is 0.194 e. The molecule has 1 nitrogen and oxygen atoms in total. The highest BCUT2D eigenvalue weighted by Crippen LogP contribution is 2.35. The predicted octanol–water partition coefficient (Wildman–Crippen LogP) is 6.65. The van der Waals surface area contributed by atoms with Crippen LogP contribution in [0.2, 0.25) is 6.32 Å². The lowest BCUT2D eigenvalue weighted by Crippen LogP contribution is -2.17. The van der Waals surface area contributed by atoms with Gasteiger partial charge < -0.3 is 7.85 Å². The van der Waals surface area contributed by atoms with Crippen LogP contribution in [0.3, 0.4) is 0 Å². The zero-order valence-electron chi connectivity index (χ0n) is 19.4. The van der Waals surface area contributed by atoms with Crippen LogP contribution in [0.5, 0.6) is 0 Å². The Morgan fingerprint density at radius 3 is 2.47 bits per heavy atom. The standard InChI is InChI=1S/C16H14B.C16H13O/c17-9-8-12-6-3-7-15-10-13-4-1-2-5-14(13)11-16(12)15;1-2-11-7-5-8-13-10-12-6-3-4-9-14(12)16(17)15(11)13/h1-7,11H,8-10H2;3-9H,1-2,10H2/q;+1. The minimum absolute atomic E-state index is 0.154. The van der Waals surface area contributed by atoms with Crippen LogP contribution in [0.1, 0.15) is 49.3 Å². The minimum atomic E-state index is 0.154. The van der Waals surface area contributed by atoms with Gasteiger partial charge in [0.2, 0.25) is 0 Å². The van der Waals surface area contributed by atoms with Crippen LogP contribution < -0.4 is 0 Å². The Hall–Kier alpha value is -3.65. The first-order chi connectivity index (χ1) is 16.7. The number of hydrogen-bond donors (Lipinski definition) is 0. The molecule has 0 saturated carbocycles. The Kier molecular flexibility index (Phi) is 6.32. The maximum absolute atomic E-state index is 12.5. The van der Waals surface area contributed by atoms with E-state index in [0.717, 1.165) is 47.1 Å². The van der Waals surface area contributed by atoms with Crippen LogP contribution in [0.4, 0.5) is 0 Å². The first-order valence-electron chi connectivity index (χ1n) is 12.0. The molecule has 0 N–H and O–H groups in total. The van der Waals surface area contributed by atoms with Crippen LogP contribution >= 0.6 is 0 Å². The van der Waals surface area contributed by atoms with Gasteiger partial charge in [-0.1, -0.05) is 67.1 Å². The number of carbonyl (C=O) groups is 1. The number of carbonyl (C=O) groups excluding carboxylic acids is 1. The molecule has 0 spiro atoms. The van der Waals surface area contributed by atoms with E-state index < -0.39 is 0 Å². The predicted molar refractivity (Wildman–Crippen MR) is 142 cm³/mol. The van der Waals surface area contributed by atoms with E-state index in [9.17, 15) is 4.79 Å². The zero-order chi connectivity index (χ0) is 23.5. The normalized spacial score (nSPS) is 14.8. The van der Waals surface area contributed by atoms with Crippen molar-refractivity contribution in [3.8, 4) is 0 Å². The Labute approximate surface area is 204 Å². The molecule has 0 bridgehead atoms. The average molecular weight is 438 g/mol. The van der Waals surface area contributed by atoms with Gasteiger partial charge in [-0.2, -0.15) is 0 Å². The number of allylic oxidation sites excluding steroid dienone is 5. The second-order valence-electron chi connectivity index (χ2n) is 8.91. The summed E-state index contributed by atoms with van der Waals surface area (Å²) < 4.78 is 0. The summed E-state index contributed by atoms with van der Waals surface area (Å²) in [6.45, 7) is 3.90. The first kappa shape index (κ1) is 22.2. The van der Waals surface area contributed by atoms with Gasteiger partial charge in [0, 0.05) is 65.0 Å². The summed E-state index contributed by atoms with van der Waals surface area (Å²) in [6.07, 6.45) is 15.2. The second kappa shape index (κ2) is 9.69. The van der Waals surface area contributed by atoms with Crippen LogP contribution in [-0.2, 0) is 25.7 Å². The molecule has 0 fully saturated rings. The molecule has 163 valence electrons. The summed E-state index contributed by atoms with van der Waals surface area (Å²) in [5.74, 6) is 1.57. The topological polar surface area (TPSA) is 17.1 Å². The third kappa shape index (κ3) is 4.17. The average Bonchev–Trinajstić information content (AvgIpc) is 2.88. The van der Waals surface area contributed by atoms with E-state index in [2.05, 4.69) is 55.5 Å². The quantitative estimate of drug-likeness (QED) is 0.258. The molecule has 0 saturated heterocycles. The lowest BCUT2D eigenvalue weighted by atomic mass is 9.79. The molecule has 3 aliphatic carbocycles. The van der Waals surface area contributed by atoms with Crippen molar-refractivity contribution in [1.82, 2.24) is 0 Å². The first-order valence-corrected chi connectivity index (χ1v) is 12.0. The minimum Gasteiger partial charge on any atom is -0.626 e. The van der Waals surface area contributed by atoms with Crippen LogP contribution in [0.25, 0.3) is 6.08 Å². The molecule has 0 aromatic heterocycles. The van der Waals surface area contributed by atoms with Crippen molar-refractivity contribution < 1.29 is 4.79 Å². The monoisotopic (exact) mass is 438 g/mol. The van der Waals surface area contributed by atoms with E-state index in [-0.39, 0.29) is 5.78 Å². The van der Waals surface area contributed by atoms with Crippen molar-refractivity contribution in [2.24, 2.45) is 0 Å². The van der Waals surface area contributed by atoms with Gasteiger partial charge in [0.05, 0.1) is 6.92 Å². The molecule has 3 aromatic carbocycles. The van der Waals surface area contributed by atoms with E-state index in [0.29, 0.717) is 12.7 Å². The molecule has 6 rings (SSSR count). The van der Waals surface area contributed by atoms with Gasteiger partial charge in [-0.05, 0) is 28.7 Å². The number of benzene rings is 3. The molecular weight excluding hydrogens is 411 g/mol. The van der Waals surface area contributed by atoms with Gasteiger partial charge >= 0.3 is 0 Å². The summed E-state index contributed by atoms with van der Waals surface area (Å²) in [5, 5.41) is 0. The highest BCUT2D eigenvalue weighted by molar-refractivity contribution is 6.13. The third-order valence-corrected chi connectivity index (χ3v) is 6.81. The molecule has 0 amide bonds. The lowest BCUT2D eigenvalue weighted by Gasteiger charge is -2.20. The van der Waals surface area contributed by atoms with Crippen LogP contribution in [0.15, 0.2) is 90.5 Å². The zero-order valence-corrected chi connectivity index (χ0v) is 19.4. The highest BCUT2D eigenvalue weighted by atomic mass is 16.1. The summed E-state index contributed by atoms with van der Waals surface area (Å²) in [5.41, 5.74) is 10.6. The molecule has 3 aromatic rings. The molecule has 3 radical (unpaired) electrons. The maximum Gasteiger partial charge on any atom is 0.194 e. The molecule has 0 aliphatic heterocycles. The van der Waals surface area contributed by atoms with E-state index >= 15 is 0 Å². The Balaban J connectivity index is 0.000000142. The Morgan fingerprint density at radius 2 is 1.65 bits per heavy atom. The van der Waals surface area contributed by atoms with E-state index in [1.807, 2.05) is 42.5 Å². The van der Waals surface area contributed by atoms with Crippen molar-refractivity contribution in [1.29, 1.82) is 0 Å². The van der Waals surface area contributed by atoms with Gasteiger partial charge in [0.25, 0.3) is 0 Å². The fourth-order valence-electron chi connectivity index (χ4n) is 5.11. The SMILES string of the molecule is [B-]CCc1cccc2c1C=C1C=CC=C[C+]1C2.[CH2+]Cc1cccc2c1C(=O)c1ccccc1C2. The number of rotatable bonds is 3. The van der Waals surface area contributed by atoms with Gasteiger partial charge in [0.1, 0.15) is 12.0 Å². The molecule has 2 heteroatoms. The molecular formula is C32H27BO+. The van der Waals surface area contributed by atoms with Gasteiger partial charge in [0.15, 0.2) is 5.78 Å². The van der Waals surface area contributed by atoms with Crippen LogP contribution in [-0.4, -0.2) is 13.6 Å². The van der Waals surface area contributed by atoms with E-state index in [4.69, 9.17) is 7.85 Å². The van der Waals surface area contributed by atoms with Crippen molar-refractivity contribution >= 4 is 19.7 Å². The van der Waals surface area contributed by atoms with Gasteiger partial charge in [-0.25, -0.2) is 0 Å². The van der Waals surface area contributed by atoms with E-state index in [1.54, 1.807) is 0 Å². The van der Waals surface area contributed by atoms with Gasteiger partial charge in [-0.3, -0.25) is 11.1 Å².